The zero-order chi connectivity index (χ0) is 15.0. The third-order valence-corrected chi connectivity index (χ3v) is 3.50. The van der Waals surface area contributed by atoms with Crippen LogP contribution in [0.15, 0.2) is 48.7 Å². The molecule has 1 N–H and O–H groups in total. The number of phenols is 1. The van der Waals surface area contributed by atoms with Gasteiger partial charge in [-0.2, -0.15) is 0 Å². The zero-order valence-corrected chi connectivity index (χ0v) is 11.4. The molecule has 21 heavy (non-hydrogen) atoms. The smallest absolute Gasteiger partial charge is 0.270 e. The van der Waals surface area contributed by atoms with Crippen LogP contribution in [0, 0.1) is 10.1 Å². The van der Waals surface area contributed by atoms with Crippen LogP contribution in [0.4, 0.5) is 5.69 Å². The molecular formula is C15H9ClN2O3. The normalized spacial score (nSPS) is 10.7. The van der Waals surface area contributed by atoms with Gasteiger partial charge in [0.05, 0.1) is 9.95 Å². The van der Waals surface area contributed by atoms with Crippen LogP contribution in [0.5, 0.6) is 5.75 Å². The van der Waals surface area contributed by atoms with E-state index in [1.165, 1.54) is 12.1 Å². The molecule has 0 spiro atoms. The lowest BCUT2D eigenvalue weighted by Crippen LogP contribution is -1.89. The second-order valence-corrected chi connectivity index (χ2v) is 4.87. The zero-order valence-electron chi connectivity index (χ0n) is 10.7. The van der Waals surface area contributed by atoms with E-state index in [2.05, 4.69) is 4.98 Å². The van der Waals surface area contributed by atoms with Crippen molar-refractivity contribution in [3.63, 3.8) is 0 Å². The van der Waals surface area contributed by atoms with E-state index in [4.69, 9.17) is 11.6 Å². The first-order chi connectivity index (χ1) is 10.1. The Morgan fingerprint density at radius 1 is 1.19 bits per heavy atom. The van der Waals surface area contributed by atoms with Crippen LogP contribution >= 0.6 is 11.6 Å². The summed E-state index contributed by atoms with van der Waals surface area (Å²) in [5, 5.41) is 22.3. The molecule has 0 amide bonds. The number of pyridine rings is 1. The highest BCUT2D eigenvalue weighted by Gasteiger charge is 2.15. The van der Waals surface area contributed by atoms with Crippen molar-refractivity contribution in [2.45, 2.75) is 0 Å². The number of hydrogen-bond donors (Lipinski definition) is 1. The van der Waals surface area contributed by atoms with Gasteiger partial charge in [0.25, 0.3) is 5.69 Å². The van der Waals surface area contributed by atoms with Crippen LogP contribution in [0.1, 0.15) is 0 Å². The maximum Gasteiger partial charge on any atom is 0.270 e. The van der Waals surface area contributed by atoms with E-state index in [0.717, 1.165) is 0 Å². The Hall–Kier alpha value is -2.66. The standard InChI is InChI=1S/C15H9ClN2O3/c16-13-8-12(9-3-1-4-10(7-9)18(20)21)15(19)14-11(13)5-2-6-17-14/h1-8,19H. The minimum Gasteiger partial charge on any atom is -0.505 e. The summed E-state index contributed by atoms with van der Waals surface area (Å²) < 4.78 is 0. The molecule has 1 heterocycles. The highest BCUT2D eigenvalue weighted by molar-refractivity contribution is 6.36. The van der Waals surface area contributed by atoms with E-state index < -0.39 is 4.92 Å². The lowest BCUT2D eigenvalue weighted by molar-refractivity contribution is -0.384. The number of nitro groups is 1. The molecule has 0 saturated carbocycles. The highest BCUT2D eigenvalue weighted by atomic mass is 35.5. The minimum atomic E-state index is -0.485. The van der Waals surface area contributed by atoms with E-state index in [1.807, 2.05) is 0 Å². The summed E-state index contributed by atoms with van der Waals surface area (Å²) in [5.74, 6) is -0.0458. The number of phenolic OH excluding ortho intramolecular Hbond substituents is 1. The van der Waals surface area contributed by atoms with Crippen LogP contribution in [0.25, 0.3) is 22.0 Å². The fraction of sp³-hybridized carbons (Fsp3) is 0. The van der Waals surface area contributed by atoms with Crippen molar-refractivity contribution in [3.8, 4) is 16.9 Å². The first kappa shape index (κ1) is 13.3. The lowest BCUT2D eigenvalue weighted by Gasteiger charge is -2.09. The number of benzene rings is 2. The number of fused-ring (bicyclic) bond motifs is 1. The molecule has 6 heteroatoms. The Morgan fingerprint density at radius 2 is 2.00 bits per heavy atom. The fourth-order valence-corrected chi connectivity index (χ4v) is 2.46. The van der Waals surface area contributed by atoms with E-state index in [0.29, 0.717) is 27.1 Å². The highest BCUT2D eigenvalue weighted by Crippen LogP contribution is 2.39. The number of hydrogen-bond acceptors (Lipinski definition) is 4. The van der Waals surface area contributed by atoms with Crippen molar-refractivity contribution >= 4 is 28.2 Å². The number of nitro benzene ring substituents is 1. The van der Waals surface area contributed by atoms with E-state index >= 15 is 0 Å². The van der Waals surface area contributed by atoms with Crippen LogP contribution < -0.4 is 0 Å². The molecule has 0 bridgehead atoms. The lowest BCUT2D eigenvalue weighted by atomic mass is 10.0. The second-order valence-electron chi connectivity index (χ2n) is 4.46. The van der Waals surface area contributed by atoms with Gasteiger partial charge in [-0.25, -0.2) is 0 Å². The van der Waals surface area contributed by atoms with Gasteiger partial charge in [-0.05, 0) is 23.8 Å². The minimum absolute atomic E-state index is 0.0458. The molecule has 1 aromatic heterocycles. The molecule has 0 aliphatic heterocycles. The molecule has 0 aliphatic carbocycles. The van der Waals surface area contributed by atoms with Gasteiger partial charge in [0.2, 0.25) is 0 Å². The Balaban J connectivity index is 2.28. The van der Waals surface area contributed by atoms with Crippen LogP contribution in [-0.4, -0.2) is 15.0 Å². The first-order valence-electron chi connectivity index (χ1n) is 6.09. The summed E-state index contributed by atoms with van der Waals surface area (Å²) in [7, 11) is 0. The summed E-state index contributed by atoms with van der Waals surface area (Å²) in [4.78, 5) is 14.5. The molecule has 0 saturated heterocycles. The fourth-order valence-electron chi connectivity index (χ4n) is 2.19. The molecule has 104 valence electrons. The summed E-state index contributed by atoms with van der Waals surface area (Å²) in [6.45, 7) is 0. The van der Waals surface area contributed by atoms with Crippen molar-refractivity contribution in [2.75, 3.05) is 0 Å². The Kier molecular flexibility index (Phi) is 3.19. The molecule has 3 rings (SSSR count). The van der Waals surface area contributed by atoms with Gasteiger partial charge in [0.1, 0.15) is 11.3 Å². The van der Waals surface area contributed by atoms with Gasteiger partial charge in [-0.15, -0.1) is 0 Å². The average molecular weight is 301 g/mol. The Bertz CT molecular complexity index is 865. The van der Waals surface area contributed by atoms with Crippen molar-refractivity contribution in [3.05, 3.63) is 63.8 Å². The quantitative estimate of drug-likeness (QED) is 0.569. The van der Waals surface area contributed by atoms with Crippen molar-refractivity contribution < 1.29 is 10.0 Å². The molecule has 0 radical (unpaired) electrons. The number of rotatable bonds is 2. The SMILES string of the molecule is O=[N+]([O-])c1cccc(-c2cc(Cl)c3cccnc3c2O)c1. The Labute approximate surface area is 124 Å². The number of aromatic nitrogens is 1. The predicted molar refractivity (Wildman–Crippen MR) is 80.5 cm³/mol. The van der Waals surface area contributed by atoms with Crippen molar-refractivity contribution in [1.29, 1.82) is 0 Å². The van der Waals surface area contributed by atoms with Gasteiger partial charge < -0.3 is 5.11 Å². The van der Waals surface area contributed by atoms with Gasteiger partial charge >= 0.3 is 0 Å². The number of nitrogens with zero attached hydrogens (tertiary/aromatic N) is 2. The summed E-state index contributed by atoms with van der Waals surface area (Å²) in [6, 6.07) is 11.1. The van der Waals surface area contributed by atoms with E-state index in [9.17, 15) is 15.2 Å². The van der Waals surface area contributed by atoms with Crippen LogP contribution in [0.3, 0.4) is 0 Å². The third kappa shape index (κ3) is 2.28. The van der Waals surface area contributed by atoms with Crippen LogP contribution in [0.2, 0.25) is 5.02 Å². The van der Waals surface area contributed by atoms with Crippen molar-refractivity contribution in [2.24, 2.45) is 0 Å². The molecule has 0 atom stereocenters. The summed E-state index contributed by atoms with van der Waals surface area (Å²) >= 11 is 6.20. The Morgan fingerprint density at radius 3 is 2.76 bits per heavy atom. The summed E-state index contributed by atoms with van der Waals surface area (Å²) in [5.41, 5.74) is 1.24. The number of halogens is 1. The molecule has 0 aliphatic rings. The maximum absolute atomic E-state index is 10.9. The molecule has 5 nitrogen and oxygen atoms in total. The predicted octanol–water partition coefficient (Wildman–Crippen LogP) is 4.17. The van der Waals surface area contributed by atoms with E-state index in [1.54, 1.807) is 36.5 Å². The molecular weight excluding hydrogens is 292 g/mol. The first-order valence-corrected chi connectivity index (χ1v) is 6.47. The van der Waals surface area contributed by atoms with Gasteiger partial charge in [0.15, 0.2) is 0 Å². The largest absolute Gasteiger partial charge is 0.505 e. The molecule has 0 fully saturated rings. The molecule has 3 aromatic rings. The van der Waals surface area contributed by atoms with Gasteiger partial charge in [0, 0.05) is 29.3 Å². The van der Waals surface area contributed by atoms with Gasteiger partial charge in [-0.1, -0.05) is 23.7 Å². The number of aromatic hydroxyl groups is 1. The second kappa shape index (κ2) is 5.03. The average Bonchev–Trinajstić information content (AvgIpc) is 2.51. The maximum atomic E-state index is 10.9. The summed E-state index contributed by atoms with van der Waals surface area (Å²) in [6.07, 6.45) is 1.55. The third-order valence-electron chi connectivity index (χ3n) is 3.18. The van der Waals surface area contributed by atoms with Crippen molar-refractivity contribution in [1.82, 2.24) is 4.98 Å². The number of non-ortho nitro benzene ring substituents is 1. The van der Waals surface area contributed by atoms with E-state index in [-0.39, 0.29) is 11.4 Å². The topological polar surface area (TPSA) is 76.3 Å². The molecule has 0 unspecified atom stereocenters. The van der Waals surface area contributed by atoms with Crippen LogP contribution in [-0.2, 0) is 0 Å². The monoisotopic (exact) mass is 300 g/mol. The molecule has 2 aromatic carbocycles. The van der Waals surface area contributed by atoms with Gasteiger partial charge in [-0.3, -0.25) is 15.1 Å².